The molecule has 1 aromatic heterocycles. The Morgan fingerprint density at radius 2 is 2.08 bits per heavy atom. The molecule has 134 valence electrons. The van der Waals surface area contributed by atoms with Crippen LogP contribution >= 0.6 is 0 Å². The third-order valence-corrected chi connectivity index (χ3v) is 3.07. The van der Waals surface area contributed by atoms with Gasteiger partial charge in [0.05, 0.1) is 13.3 Å². The third kappa shape index (κ3) is 5.27. The summed E-state index contributed by atoms with van der Waals surface area (Å²) in [4.78, 5) is 19.0. The topological polar surface area (TPSA) is 85.4 Å². The van der Waals surface area contributed by atoms with Crippen molar-refractivity contribution >= 4 is 11.8 Å². The molecule has 2 aromatic rings. The molecular formula is C16H18F2N4O3. The number of carbonyl (C=O) groups is 1. The number of hydrogen-bond donors (Lipinski definition) is 2. The second-order valence-electron chi connectivity index (χ2n) is 4.99. The molecule has 0 fully saturated rings. The van der Waals surface area contributed by atoms with Crippen molar-refractivity contribution in [3.05, 3.63) is 41.6 Å². The van der Waals surface area contributed by atoms with E-state index >= 15 is 0 Å². The van der Waals surface area contributed by atoms with Crippen molar-refractivity contribution in [3.63, 3.8) is 0 Å². The number of ether oxygens (including phenoxy) is 2. The SMILES string of the molecule is CCCNC(=O)Nc1nc(OCc2ccc(OC)c(F)c2)ncc1F. The Balaban J connectivity index is 2.01. The van der Waals surface area contributed by atoms with Crippen molar-refractivity contribution in [3.8, 4) is 11.8 Å². The van der Waals surface area contributed by atoms with E-state index in [-0.39, 0.29) is 24.2 Å². The van der Waals surface area contributed by atoms with E-state index in [1.54, 1.807) is 6.07 Å². The van der Waals surface area contributed by atoms with Crippen LogP contribution in [0.4, 0.5) is 19.4 Å². The van der Waals surface area contributed by atoms with Gasteiger partial charge in [0.1, 0.15) is 6.61 Å². The van der Waals surface area contributed by atoms with Gasteiger partial charge < -0.3 is 14.8 Å². The highest BCUT2D eigenvalue weighted by atomic mass is 19.1. The smallest absolute Gasteiger partial charge is 0.320 e. The van der Waals surface area contributed by atoms with E-state index in [0.717, 1.165) is 12.6 Å². The van der Waals surface area contributed by atoms with Crippen molar-refractivity contribution in [1.82, 2.24) is 15.3 Å². The Kier molecular flexibility index (Phi) is 6.44. The first-order chi connectivity index (χ1) is 12.0. The van der Waals surface area contributed by atoms with Gasteiger partial charge in [-0.2, -0.15) is 4.98 Å². The quantitative estimate of drug-likeness (QED) is 0.800. The molecule has 1 heterocycles. The van der Waals surface area contributed by atoms with Crippen molar-refractivity contribution in [1.29, 1.82) is 0 Å². The summed E-state index contributed by atoms with van der Waals surface area (Å²) >= 11 is 0. The van der Waals surface area contributed by atoms with Gasteiger partial charge in [-0.1, -0.05) is 13.0 Å². The van der Waals surface area contributed by atoms with Crippen LogP contribution in [0.1, 0.15) is 18.9 Å². The predicted octanol–water partition coefficient (Wildman–Crippen LogP) is 2.87. The van der Waals surface area contributed by atoms with E-state index in [0.29, 0.717) is 12.1 Å². The third-order valence-electron chi connectivity index (χ3n) is 3.07. The number of aromatic nitrogens is 2. The molecule has 0 bridgehead atoms. The van der Waals surface area contributed by atoms with Crippen molar-refractivity contribution in [2.75, 3.05) is 19.0 Å². The van der Waals surface area contributed by atoms with Crippen molar-refractivity contribution in [2.45, 2.75) is 20.0 Å². The Morgan fingerprint density at radius 3 is 2.76 bits per heavy atom. The maximum absolute atomic E-state index is 13.7. The number of nitrogens with zero attached hydrogens (tertiary/aromatic N) is 2. The number of benzene rings is 1. The molecule has 0 spiro atoms. The molecule has 0 aliphatic rings. The minimum Gasteiger partial charge on any atom is -0.494 e. The van der Waals surface area contributed by atoms with Crippen molar-refractivity contribution < 1.29 is 23.0 Å². The maximum Gasteiger partial charge on any atom is 0.320 e. The summed E-state index contributed by atoms with van der Waals surface area (Å²) in [7, 11) is 1.37. The lowest BCUT2D eigenvalue weighted by Crippen LogP contribution is -2.30. The zero-order valence-electron chi connectivity index (χ0n) is 13.8. The van der Waals surface area contributed by atoms with E-state index in [2.05, 4.69) is 20.6 Å². The van der Waals surface area contributed by atoms with Gasteiger partial charge in [-0.15, -0.1) is 0 Å². The first-order valence-electron chi connectivity index (χ1n) is 7.56. The van der Waals surface area contributed by atoms with E-state index in [1.165, 1.54) is 19.2 Å². The molecule has 2 rings (SSSR count). The second kappa shape index (κ2) is 8.76. The number of methoxy groups -OCH3 is 1. The van der Waals surface area contributed by atoms with Crippen LogP contribution in [0.3, 0.4) is 0 Å². The fourth-order valence-corrected chi connectivity index (χ4v) is 1.85. The van der Waals surface area contributed by atoms with Crippen LogP contribution in [0.15, 0.2) is 24.4 Å². The van der Waals surface area contributed by atoms with Crippen LogP contribution < -0.4 is 20.1 Å². The zero-order valence-corrected chi connectivity index (χ0v) is 13.8. The van der Waals surface area contributed by atoms with E-state index < -0.39 is 17.7 Å². The lowest BCUT2D eigenvalue weighted by atomic mass is 10.2. The molecule has 25 heavy (non-hydrogen) atoms. The van der Waals surface area contributed by atoms with Crippen LogP contribution in [0.2, 0.25) is 0 Å². The molecule has 1 aromatic carbocycles. The maximum atomic E-state index is 13.7. The summed E-state index contributed by atoms with van der Waals surface area (Å²) in [5.74, 6) is -1.51. The molecule has 0 aliphatic carbocycles. The molecule has 2 N–H and O–H groups in total. The Morgan fingerprint density at radius 1 is 1.28 bits per heavy atom. The first kappa shape index (κ1) is 18.4. The van der Waals surface area contributed by atoms with Gasteiger partial charge >= 0.3 is 12.0 Å². The molecule has 0 radical (unpaired) electrons. The van der Waals surface area contributed by atoms with Crippen LogP contribution in [0.5, 0.6) is 11.8 Å². The molecule has 2 amide bonds. The largest absolute Gasteiger partial charge is 0.494 e. The van der Waals surface area contributed by atoms with Gasteiger partial charge in [-0.25, -0.2) is 18.6 Å². The second-order valence-corrected chi connectivity index (χ2v) is 4.99. The summed E-state index contributed by atoms with van der Waals surface area (Å²) < 4.78 is 37.4. The van der Waals surface area contributed by atoms with Gasteiger partial charge in [0.15, 0.2) is 23.2 Å². The van der Waals surface area contributed by atoms with Gasteiger partial charge in [-0.3, -0.25) is 5.32 Å². The van der Waals surface area contributed by atoms with Crippen LogP contribution in [0, 0.1) is 11.6 Å². The fourth-order valence-electron chi connectivity index (χ4n) is 1.85. The first-order valence-corrected chi connectivity index (χ1v) is 7.56. The van der Waals surface area contributed by atoms with Gasteiger partial charge in [-0.05, 0) is 24.1 Å². The van der Waals surface area contributed by atoms with Crippen LogP contribution in [0.25, 0.3) is 0 Å². The average molecular weight is 352 g/mol. The van der Waals surface area contributed by atoms with E-state index in [1.807, 2.05) is 6.92 Å². The molecule has 0 atom stereocenters. The van der Waals surface area contributed by atoms with E-state index in [9.17, 15) is 13.6 Å². The molecular weight excluding hydrogens is 334 g/mol. The van der Waals surface area contributed by atoms with Gasteiger partial charge in [0, 0.05) is 6.54 Å². The standard InChI is InChI=1S/C16H18F2N4O3/c1-3-6-19-15(23)21-14-12(18)8-20-16(22-14)25-9-10-4-5-13(24-2)11(17)7-10/h4-5,7-8H,3,6,9H2,1-2H3,(H2,19,20,21,22,23). The minimum absolute atomic E-state index is 0.0337. The summed E-state index contributed by atoms with van der Waals surface area (Å²) in [5.41, 5.74) is 0.515. The zero-order chi connectivity index (χ0) is 18.2. The van der Waals surface area contributed by atoms with Gasteiger partial charge in [0.2, 0.25) is 0 Å². The molecule has 7 nitrogen and oxygen atoms in total. The summed E-state index contributed by atoms with van der Waals surface area (Å²) in [6.07, 6.45) is 1.62. The Labute approximate surface area is 143 Å². The number of halogens is 2. The van der Waals surface area contributed by atoms with Gasteiger partial charge in [0.25, 0.3) is 0 Å². The average Bonchev–Trinajstić information content (AvgIpc) is 2.60. The summed E-state index contributed by atoms with van der Waals surface area (Å²) in [5, 5.41) is 4.81. The van der Waals surface area contributed by atoms with Crippen LogP contribution in [-0.4, -0.2) is 29.7 Å². The molecule has 0 unspecified atom stereocenters. The molecule has 9 heteroatoms. The number of amides is 2. The number of anilines is 1. The fraction of sp³-hybridized carbons (Fsp3) is 0.312. The molecule has 0 aliphatic heterocycles. The molecule has 0 saturated heterocycles. The predicted molar refractivity (Wildman–Crippen MR) is 86.6 cm³/mol. The monoisotopic (exact) mass is 352 g/mol. The summed E-state index contributed by atoms with van der Waals surface area (Å²) in [6.45, 7) is 2.30. The lowest BCUT2D eigenvalue weighted by Gasteiger charge is -2.09. The normalized spacial score (nSPS) is 10.2. The Bertz CT molecular complexity index is 743. The summed E-state index contributed by atoms with van der Waals surface area (Å²) in [6, 6.07) is 3.60. The number of hydrogen-bond acceptors (Lipinski definition) is 5. The highest BCUT2D eigenvalue weighted by molar-refractivity contribution is 5.88. The van der Waals surface area contributed by atoms with Crippen molar-refractivity contribution in [2.24, 2.45) is 0 Å². The highest BCUT2D eigenvalue weighted by Gasteiger charge is 2.11. The number of carbonyl (C=O) groups excluding carboxylic acids is 1. The Hall–Kier alpha value is -2.97. The van der Waals surface area contributed by atoms with Crippen LogP contribution in [-0.2, 0) is 6.61 Å². The number of urea groups is 1. The number of rotatable bonds is 7. The highest BCUT2D eigenvalue weighted by Crippen LogP contribution is 2.19. The number of nitrogens with one attached hydrogen (secondary N) is 2. The van der Waals surface area contributed by atoms with E-state index in [4.69, 9.17) is 9.47 Å². The molecule has 0 saturated carbocycles. The lowest BCUT2D eigenvalue weighted by molar-refractivity contribution is 0.251. The minimum atomic E-state index is -0.797.